The molecule has 0 unspecified atom stereocenters. The van der Waals surface area contributed by atoms with Crippen molar-refractivity contribution in [2.24, 2.45) is 0 Å². The van der Waals surface area contributed by atoms with Crippen LogP contribution in [-0.2, 0) is 19.7 Å². The number of rotatable bonds is 4. The lowest BCUT2D eigenvalue weighted by Crippen LogP contribution is -2.33. The maximum Gasteiger partial charge on any atom is 0.534 e. The van der Waals surface area contributed by atoms with Gasteiger partial charge in [0.2, 0.25) is 0 Å². The maximum absolute atomic E-state index is 12.7. The average molecular weight is 382 g/mol. The highest BCUT2D eigenvalue weighted by Crippen LogP contribution is 2.46. The van der Waals surface area contributed by atoms with E-state index in [2.05, 4.69) is 4.18 Å². The Morgan fingerprint density at radius 1 is 0.885 bits per heavy atom. The second-order valence-electron chi connectivity index (χ2n) is 6.18. The molecule has 0 saturated carbocycles. The van der Waals surface area contributed by atoms with Crippen LogP contribution in [-0.4, -0.2) is 13.9 Å². The zero-order valence-corrected chi connectivity index (χ0v) is 14.6. The van der Waals surface area contributed by atoms with Gasteiger partial charge >= 0.3 is 15.6 Å². The minimum absolute atomic E-state index is 0.0380. The van der Waals surface area contributed by atoms with Crippen LogP contribution in [0.5, 0.6) is 0 Å². The molecule has 0 heterocycles. The van der Waals surface area contributed by atoms with Crippen LogP contribution in [0.15, 0.2) is 72.5 Å². The topological polar surface area (TPSA) is 43.4 Å². The van der Waals surface area contributed by atoms with Crippen molar-refractivity contribution in [3.05, 3.63) is 83.6 Å². The van der Waals surface area contributed by atoms with Gasteiger partial charge in [-0.05, 0) is 30.0 Å². The van der Waals surface area contributed by atoms with E-state index in [0.717, 1.165) is 11.1 Å². The first kappa shape index (κ1) is 18.5. The highest BCUT2D eigenvalue weighted by Gasteiger charge is 2.50. The molecule has 0 fully saturated rings. The first-order valence-corrected chi connectivity index (χ1v) is 9.46. The molecule has 0 amide bonds. The molecule has 0 atom stereocenters. The number of hydrogen-bond donors (Lipinski definition) is 0. The predicted octanol–water partition coefficient (Wildman–Crippen LogP) is 4.91. The van der Waals surface area contributed by atoms with Crippen LogP contribution in [0.25, 0.3) is 0 Å². The summed E-state index contributed by atoms with van der Waals surface area (Å²) in [5.41, 5.74) is -4.28. The lowest BCUT2D eigenvalue weighted by molar-refractivity contribution is -0.0525. The predicted molar refractivity (Wildman–Crippen MR) is 91.7 cm³/mol. The maximum atomic E-state index is 12.7. The quantitative estimate of drug-likeness (QED) is 0.558. The van der Waals surface area contributed by atoms with E-state index in [1.54, 1.807) is 0 Å². The summed E-state index contributed by atoms with van der Waals surface area (Å²) in [6.07, 6.45) is 2.51. The molecule has 1 aliphatic rings. The summed E-state index contributed by atoms with van der Waals surface area (Å²) in [6, 6.07) is 18.7. The molecule has 2 aromatic rings. The summed E-state index contributed by atoms with van der Waals surface area (Å²) in [7, 11) is -5.68. The Morgan fingerprint density at radius 3 is 1.85 bits per heavy atom. The second kappa shape index (κ2) is 6.79. The van der Waals surface area contributed by atoms with Gasteiger partial charge in [-0.25, -0.2) is 0 Å². The van der Waals surface area contributed by atoms with Crippen molar-refractivity contribution >= 4 is 10.1 Å². The molecule has 0 radical (unpaired) electrons. The zero-order chi connectivity index (χ0) is 18.8. The molecule has 0 aliphatic heterocycles. The van der Waals surface area contributed by atoms with Gasteiger partial charge in [0, 0.05) is 11.8 Å². The van der Waals surface area contributed by atoms with Crippen molar-refractivity contribution in [3.8, 4) is 0 Å². The van der Waals surface area contributed by atoms with Crippen molar-refractivity contribution in [1.29, 1.82) is 0 Å². The average Bonchev–Trinajstić information content (AvgIpc) is 2.62. The number of allylic oxidation sites excluding steroid dienone is 2. The van der Waals surface area contributed by atoms with E-state index in [0.29, 0.717) is 12.8 Å². The summed E-state index contributed by atoms with van der Waals surface area (Å²) in [4.78, 5) is 0. The fourth-order valence-corrected chi connectivity index (χ4v) is 3.87. The molecular formula is C19H17F3O3S. The molecule has 0 bridgehead atoms. The van der Waals surface area contributed by atoms with Gasteiger partial charge in [0.1, 0.15) is 5.76 Å². The lowest BCUT2D eigenvalue weighted by atomic mass is 9.67. The number of benzene rings is 2. The molecule has 7 heteroatoms. The number of alkyl halides is 3. The van der Waals surface area contributed by atoms with Crippen LogP contribution in [0.1, 0.15) is 30.4 Å². The Bertz CT molecular complexity index is 849. The van der Waals surface area contributed by atoms with Gasteiger partial charge in [-0.1, -0.05) is 60.7 Å². The second-order valence-corrected chi connectivity index (χ2v) is 7.72. The molecule has 138 valence electrons. The van der Waals surface area contributed by atoms with Gasteiger partial charge in [-0.3, -0.25) is 0 Å². The minimum atomic E-state index is -5.68. The lowest BCUT2D eigenvalue weighted by Gasteiger charge is -2.38. The largest absolute Gasteiger partial charge is 0.534 e. The van der Waals surface area contributed by atoms with Gasteiger partial charge in [0.15, 0.2) is 0 Å². The Morgan fingerprint density at radius 2 is 1.38 bits per heavy atom. The molecule has 3 rings (SSSR count). The van der Waals surface area contributed by atoms with Gasteiger partial charge < -0.3 is 4.18 Å². The summed E-state index contributed by atoms with van der Waals surface area (Å²) in [6.45, 7) is 0. The minimum Gasteiger partial charge on any atom is -0.381 e. The van der Waals surface area contributed by atoms with Crippen LogP contribution in [0, 0.1) is 0 Å². The van der Waals surface area contributed by atoms with Crippen molar-refractivity contribution in [2.45, 2.75) is 30.2 Å². The van der Waals surface area contributed by atoms with E-state index in [1.807, 2.05) is 60.7 Å². The third-order valence-corrected chi connectivity index (χ3v) is 5.57. The van der Waals surface area contributed by atoms with Gasteiger partial charge in [-0.2, -0.15) is 21.6 Å². The molecule has 0 spiro atoms. The summed E-state index contributed by atoms with van der Waals surface area (Å²) >= 11 is 0. The van der Waals surface area contributed by atoms with E-state index in [-0.39, 0.29) is 12.2 Å². The molecular weight excluding hydrogens is 365 g/mol. The Labute approximate surface area is 150 Å². The molecule has 0 aromatic heterocycles. The first-order chi connectivity index (χ1) is 12.2. The number of halogens is 3. The van der Waals surface area contributed by atoms with Crippen molar-refractivity contribution in [2.75, 3.05) is 0 Å². The van der Waals surface area contributed by atoms with Crippen molar-refractivity contribution in [3.63, 3.8) is 0 Å². The van der Waals surface area contributed by atoms with Gasteiger partial charge in [-0.15, -0.1) is 0 Å². The molecule has 3 nitrogen and oxygen atoms in total. The highest BCUT2D eigenvalue weighted by atomic mass is 32.2. The summed E-state index contributed by atoms with van der Waals surface area (Å²) < 4.78 is 65.3. The Balaban J connectivity index is 2.02. The SMILES string of the molecule is O=S(=O)(OC1=CCCC(c2ccccc2)(c2ccccc2)C1)C(F)(F)F. The van der Waals surface area contributed by atoms with Crippen LogP contribution < -0.4 is 0 Å². The number of hydrogen-bond acceptors (Lipinski definition) is 3. The van der Waals surface area contributed by atoms with Gasteiger partial charge in [0.25, 0.3) is 0 Å². The van der Waals surface area contributed by atoms with E-state index in [1.165, 1.54) is 6.08 Å². The monoisotopic (exact) mass is 382 g/mol. The standard InChI is InChI=1S/C19H17F3O3S/c20-19(21,22)26(23,24)25-17-12-7-13-18(14-17,15-8-3-1-4-9-15)16-10-5-2-6-11-16/h1-6,8-12H,7,13-14H2. The first-order valence-electron chi connectivity index (χ1n) is 8.05. The van der Waals surface area contributed by atoms with Gasteiger partial charge in [0.05, 0.1) is 0 Å². The highest BCUT2D eigenvalue weighted by molar-refractivity contribution is 7.87. The molecule has 0 saturated heterocycles. The Kier molecular flexibility index (Phi) is 4.84. The van der Waals surface area contributed by atoms with E-state index in [9.17, 15) is 21.6 Å². The smallest absolute Gasteiger partial charge is 0.381 e. The normalized spacial score (nSPS) is 17.4. The van der Waals surface area contributed by atoms with E-state index >= 15 is 0 Å². The zero-order valence-electron chi connectivity index (χ0n) is 13.7. The van der Waals surface area contributed by atoms with E-state index < -0.39 is 21.0 Å². The molecule has 1 aliphatic carbocycles. The van der Waals surface area contributed by atoms with Crippen LogP contribution >= 0.6 is 0 Å². The summed E-state index contributed by atoms with van der Waals surface area (Å²) in [5, 5.41) is 0. The third kappa shape index (κ3) is 3.49. The summed E-state index contributed by atoms with van der Waals surface area (Å²) in [5.74, 6) is -0.179. The molecule has 0 N–H and O–H groups in total. The van der Waals surface area contributed by atoms with Crippen LogP contribution in [0.4, 0.5) is 13.2 Å². The van der Waals surface area contributed by atoms with Crippen LogP contribution in [0.2, 0.25) is 0 Å². The van der Waals surface area contributed by atoms with Crippen molar-refractivity contribution < 1.29 is 25.8 Å². The fraction of sp³-hybridized carbons (Fsp3) is 0.263. The van der Waals surface area contributed by atoms with E-state index in [4.69, 9.17) is 0 Å². The van der Waals surface area contributed by atoms with Crippen LogP contribution in [0.3, 0.4) is 0 Å². The third-order valence-electron chi connectivity index (χ3n) is 4.57. The molecule has 26 heavy (non-hydrogen) atoms. The fourth-order valence-electron chi connectivity index (χ4n) is 3.36. The molecule has 2 aromatic carbocycles. The Hall–Kier alpha value is -2.28. The van der Waals surface area contributed by atoms with Crippen molar-refractivity contribution in [1.82, 2.24) is 0 Å².